The molecule has 0 aliphatic carbocycles. The summed E-state index contributed by atoms with van der Waals surface area (Å²) >= 11 is 0. The van der Waals surface area contributed by atoms with E-state index in [0.717, 1.165) is 38.1 Å². The molecule has 0 amide bonds. The van der Waals surface area contributed by atoms with Gasteiger partial charge in [0, 0.05) is 18.5 Å². The number of hydrogen-bond donors (Lipinski definition) is 6. The Morgan fingerprint density at radius 3 is 2.30 bits per heavy atom. The number of phosphoric acid groups is 3. The first-order chi connectivity index (χ1) is 19.9. The van der Waals surface area contributed by atoms with Crippen molar-refractivity contribution in [2.75, 3.05) is 6.61 Å². The van der Waals surface area contributed by atoms with Crippen LogP contribution in [0.25, 0.3) is 11.1 Å². The van der Waals surface area contributed by atoms with Crippen molar-refractivity contribution in [2.24, 2.45) is 0 Å². The first-order valence-corrected chi connectivity index (χ1v) is 16.6. The Labute approximate surface area is 241 Å². The van der Waals surface area contributed by atoms with Crippen molar-refractivity contribution < 1.29 is 61.4 Å². The zero-order valence-corrected chi connectivity index (χ0v) is 24.6. The third-order valence-corrected chi connectivity index (χ3v) is 9.82. The van der Waals surface area contributed by atoms with Gasteiger partial charge in [0.2, 0.25) is 0 Å². The summed E-state index contributed by atoms with van der Waals surface area (Å²) in [6, 6.07) is 12.1. The highest BCUT2D eigenvalue weighted by molar-refractivity contribution is 7.66. The zero-order valence-electron chi connectivity index (χ0n) is 22.0. The molecule has 1 fully saturated rings. The van der Waals surface area contributed by atoms with Crippen LogP contribution in [0.3, 0.4) is 0 Å². The van der Waals surface area contributed by atoms with Crippen LogP contribution < -0.4 is 11.2 Å². The van der Waals surface area contributed by atoms with E-state index >= 15 is 0 Å². The number of aliphatic hydroxyl groups excluding tert-OH is 2. The summed E-state index contributed by atoms with van der Waals surface area (Å²) in [5.41, 5.74) is 1.39. The molecule has 0 saturated carbocycles. The number of phosphoric ester groups is 1. The highest BCUT2D eigenvalue weighted by Gasteiger charge is 2.47. The molecule has 43 heavy (non-hydrogen) atoms. The fourth-order valence-electron chi connectivity index (χ4n) is 4.17. The lowest BCUT2D eigenvalue weighted by molar-refractivity contribution is -0.0547. The topological polar surface area (TPSA) is 266 Å². The van der Waals surface area contributed by atoms with Crippen LogP contribution in [0, 0.1) is 6.92 Å². The van der Waals surface area contributed by atoms with Gasteiger partial charge in [-0.15, -0.1) is 0 Å². The fourth-order valence-corrected chi connectivity index (χ4v) is 7.20. The van der Waals surface area contributed by atoms with Gasteiger partial charge in [-0.1, -0.05) is 29.8 Å². The third kappa shape index (κ3) is 8.50. The second-order valence-electron chi connectivity index (χ2n) is 9.27. The van der Waals surface area contributed by atoms with Crippen molar-refractivity contribution >= 4 is 23.5 Å². The minimum atomic E-state index is -5.79. The van der Waals surface area contributed by atoms with Gasteiger partial charge in [0.25, 0.3) is 5.56 Å². The van der Waals surface area contributed by atoms with Gasteiger partial charge in [-0.3, -0.25) is 23.4 Å². The monoisotopic (exact) mass is 665 g/mol. The number of aryl methyl sites for hydroxylation is 1. The van der Waals surface area contributed by atoms with E-state index in [1.54, 1.807) is 12.1 Å². The van der Waals surface area contributed by atoms with E-state index in [1.165, 1.54) is 6.20 Å². The van der Waals surface area contributed by atoms with Crippen LogP contribution in [0.15, 0.2) is 64.4 Å². The summed E-state index contributed by atoms with van der Waals surface area (Å²) in [4.78, 5) is 66.2. The molecule has 3 heterocycles. The molecule has 1 saturated heterocycles. The number of pyridine rings is 1. The lowest BCUT2D eigenvalue weighted by Crippen LogP contribution is -2.43. The van der Waals surface area contributed by atoms with Crippen molar-refractivity contribution in [3.05, 3.63) is 87.0 Å². The standard InChI is InChI=1S/C22H26N3O15P3/c1-13-3-2-4-14(9-13)15-5-7-23-16(10-15)11-25-18(26)6-8-24(22(25)29)21-20(28)19(27)17(38-21)12-37-42(33,34)40-43(35,36)39-41(30,31)32/h2-10,17,19-21,27-28H,11-12H2,1H3,(H,33,34)(H,35,36)(H2,30,31,32)/t17-,19?,20?,21-/m1/s1. The van der Waals surface area contributed by atoms with Gasteiger partial charge in [0.1, 0.15) is 18.3 Å². The smallest absolute Gasteiger partial charge is 0.387 e. The second kappa shape index (κ2) is 12.8. The Morgan fingerprint density at radius 1 is 0.930 bits per heavy atom. The Balaban J connectivity index is 1.51. The van der Waals surface area contributed by atoms with Crippen LogP contribution in [-0.2, 0) is 38.1 Å². The average molecular weight is 665 g/mol. The van der Waals surface area contributed by atoms with Gasteiger partial charge in [-0.05, 0) is 30.2 Å². The van der Waals surface area contributed by atoms with Crippen LogP contribution in [0.5, 0.6) is 0 Å². The van der Waals surface area contributed by atoms with Crippen LogP contribution in [0.2, 0.25) is 0 Å². The molecule has 1 aliphatic heterocycles. The van der Waals surface area contributed by atoms with Gasteiger partial charge in [-0.2, -0.15) is 8.62 Å². The number of ether oxygens (including phenoxy) is 1. The molecule has 234 valence electrons. The number of benzene rings is 1. The molecule has 4 unspecified atom stereocenters. The molecule has 1 aliphatic rings. The maximum Gasteiger partial charge on any atom is 0.490 e. The Bertz CT molecular complexity index is 1760. The molecule has 6 atom stereocenters. The normalized spacial score (nSPS) is 23.5. The summed E-state index contributed by atoms with van der Waals surface area (Å²) < 4.78 is 52.9. The number of aliphatic hydroxyl groups is 2. The zero-order chi connectivity index (χ0) is 31.7. The van der Waals surface area contributed by atoms with Gasteiger partial charge in [0.05, 0.1) is 18.8 Å². The number of nitrogens with zero attached hydrogens (tertiary/aromatic N) is 3. The van der Waals surface area contributed by atoms with Crippen LogP contribution in [0.4, 0.5) is 0 Å². The quantitative estimate of drug-likeness (QED) is 0.151. The van der Waals surface area contributed by atoms with E-state index < -0.39 is 65.9 Å². The summed E-state index contributed by atoms with van der Waals surface area (Å²) in [7, 11) is -17.0. The Morgan fingerprint density at radius 2 is 1.63 bits per heavy atom. The molecule has 6 N–H and O–H groups in total. The predicted molar refractivity (Wildman–Crippen MR) is 144 cm³/mol. The van der Waals surface area contributed by atoms with E-state index in [-0.39, 0.29) is 6.54 Å². The molecule has 4 rings (SSSR count). The maximum atomic E-state index is 13.3. The predicted octanol–water partition coefficient (Wildman–Crippen LogP) is 0.391. The number of aromatic nitrogens is 3. The highest BCUT2D eigenvalue weighted by Crippen LogP contribution is 2.66. The molecule has 21 heteroatoms. The van der Waals surface area contributed by atoms with E-state index in [9.17, 15) is 43.3 Å². The lowest BCUT2D eigenvalue weighted by Gasteiger charge is -2.19. The molecule has 1 aromatic carbocycles. The molecular weight excluding hydrogens is 639 g/mol. The van der Waals surface area contributed by atoms with Crippen LogP contribution in [0.1, 0.15) is 17.5 Å². The Hall–Kier alpha value is -2.66. The van der Waals surface area contributed by atoms with Crippen LogP contribution in [-0.4, -0.2) is 68.8 Å². The van der Waals surface area contributed by atoms with E-state index in [0.29, 0.717) is 5.69 Å². The van der Waals surface area contributed by atoms with E-state index in [1.807, 2.05) is 31.2 Å². The second-order valence-corrected chi connectivity index (χ2v) is 13.7. The summed E-state index contributed by atoms with van der Waals surface area (Å²) in [6.07, 6.45) is -4.43. The minimum absolute atomic E-state index is 0.265. The lowest BCUT2D eigenvalue weighted by atomic mass is 10.0. The van der Waals surface area contributed by atoms with Crippen molar-refractivity contribution in [2.45, 2.75) is 38.0 Å². The third-order valence-electron chi connectivity index (χ3n) is 6.01. The molecule has 18 nitrogen and oxygen atoms in total. The molecule has 0 bridgehead atoms. The number of rotatable bonds is 11. The number of hydrogen-bond acceptors (Lipinski definition) is 12. The Kier molecular flexibility index (Phi) is 9.86. The first-order valence-electron chi connectivity index (χ1n) is 12.1. The minimum Gasteiger partial charge on any atom is -0.387 e. The molecule has 3 aromatic rings. The SMILES string of the molecule is Cc1cccc(-c2ccnc(Cn3c(=O)ccn([C@@H]4O[C@H](COP(=O)(O)OP(=O)(O)OP(=O)(O)O)C(O)C4O)c3=O)c2)c1. The molecule has 2 aromatic heterocycles. The maximum absolute atomic E-state index is 13.3. The summed E-state index contributed by atoms with van der Waals surface area (Å²) in [5, 5.41) is 20.9. The van der Waals surface area contributed by atoms with E-state index in [4.69, 9.17) is 14.5 Å². The van der Waals surface area contributed by atoms with Gasteiger partial charge >= 0.3 is 29.2 Å². The van der Waals surface area contributed by atoms with Gasteiger partial charge in [-0.25, -0.2) is 18.5 Å². The van der Waals surface area contributed by atoms with Gasteiger partial charge in [0.15, 0.2) is 6.23 Å². The molecule has 0 spiro atoms. The van der Waals surface area contributed by atoms with Crippen molar-refractivity contribution in [3.8, 4) is 11.1 Å². The highest BCUT2D eigenvalue weighted by atomic mass is 31.3. The summed E-state index contributed by atoms with van der Waals surface area (Å²) in [5.74, 6) is 0. The average Bonchev–Trinajstić information content (AvgIpc) is 3.16. The molecular formula is C22H26N3O15P3. The van der Waals surface area contributed by atoms with Crippen molar-refractivity contribution in [1.82, 2.24) is 14.1 Å². The fraction of sp³-hybridized carbons (Fsp3) is 0.318. The van der Waals surface area contributed by atoms with Crippen LogP contribution >= 0.6 is 23.5 Å². The van der Waals surface area contributed by atoms with Crippen molar-refractivity contribution in [1.29, 1.82) is 0 Å². The van der Waals surface area contributed by atoms with Crippen molar-refractivity contribution in [3.63, 3.8) is 0 Å². The van der Waals surface area contributed by atoms with Gasteiger partial charge < -0.3 is 34.5 Å². The largest absolute Gasteiger partial charge is 0.490 e. The van der Waals surface area contributed by atoms with E-state index in [2.05, 4.69) is 18.1 Å². The summed E-state index contributed by atoms with van der Waals surface area (Å²) in [6.45, 7) is 0.584. The molecule has 0 radical (unpaired) electrons. The first kappa shape index (κ1) is 33.2.